The van der Waals surface area contributed by atoms with E-state index in [2.05, 4.69) is 10.4 Å². The van der Waals surface area contributed by atoms with E-state index in [0.29, 0.717) is 17.1 Å². The molecule has 6 heteroatoms. The number of hydrogen-bond acceptors (Lipinski definition) is 4. The first kappa shape index (κ1) is 21.2. The molecule has 0 aliphatic carbocycles. The molecule has 0 saturated carbocycles. The van der Waals surface area contributed by atoms with Gasteiger partial charge in [-0.25, -0.2) is 4.68 Å². The van der Waals surface area contributed by atoms with Crippen LogP contribution < -0.4 is 15.6 Å². The zero-order valence-electron chi connectivity index (χ0n) is 18.2. The van der Waals surface area contributed by atoms with Crippen LogP contribution in [0.2, 0.25) is 0 Å². The molecule has 6 nitrogen and oxygen atoms in total. The van der Waals surface area contributed by atoms with Crippen molar-refractivity contribution in [3.8, 4) is 22.8 Å². The molecular formula is C28H21N3O3. The minimum atomic E-state index is -0.345. The number of nitrogens with one attached hydrogen (secondary N) is 1. The molecule has 1 aromatic heterocycles. The van der Waals surface area contributed by atoms with Crippen LogP contribution in [-0.4, -0.2) is 15.7 Å². The van der Waals surface area contributed by atoms with Crippen molar-refractivity contribution >= 4 is 22.4 Å². The molecule has 0 aliphatic rings. The molecule has 5 rings (SSSR count). The number of benzene rings is 4. The topological polar surface area (TPSA) is 73.2 Å². The number of aromatic nitrogens is 2. The van der Waals surface area contributed by atoms with E-state index < -0.39 is 0 Å². The van der Waals surface area contributed by atoms with Crippen molar-refractivity contribution in [3.05, 3.63) is 120 Å². The Balaban J connectivity index is 1.28. The van der Waals surface area contributed by atoms with Gasteiger partial charge in [-0.2, -0.15) is 5.10 Å². The number of carbonyl (C=O) groups is 1. The Morgan fingerprint density at radius 3 is 2.26 bits per heavy atom. The molecule has 0 fully saturated rings. The number of amides is 1. The zero-order valence-corrected chi connectivity index (χ0v) is 18.2. The number of carbonyl (C=O) groups excluding carboxylic acids is 1. The van der Waals surface area contributed by atoms with Gasteiger partial charge in [0.2, 0.25) is 5.91 Å². The number of rotatable bonds is 6. The van der Waals surface area contributed by atoms with Crippen LogP contribution in [0.4, 0.5) is 5.69 Å². The second kappa shape index (κ2) is 9.42. The third kappa shape index (κ3) is 4.86. The van der Waals surface area contributed by atoms with Crippen LogP contribution in [0.25, 0.3) is 22.0 Å². The van der Waals surface area contributed by atoms with Gasteiger partial charge in [0.05, 0.1) is 5.69 Å². The monoisotopic (exact) mass is 447 g/mol. The first-order valence-corrected chi connectivity index (χ1v) is 10.8. The highest BCUT2D eigenvalue weighted by atomic mass is 16.5. The Morgan fingerprint density at radius 1 is 0.765 bits per heavy atom. The number of nitrogens with zero attached hydrogens (tertiary/aromatic N) is 2. The van der Waals surface area contributed by atoms with Gasteiger partial charge in [0.1, 0.15) is 18.0 Å². The smallest absolute Gasteiger partial charge is 0.267 e. The Bertz CT molecular complexity index is 1510. The van der Waals surface area contributed by atoms with Gasteiger partial charge in [-0.15, -0.1) is 0 Å². The van der Waals surface area contributed by atoms with Crippen LogP contribution in [0, 0.1) is 0 Å². The van der Waals surface area contributed by atoms with E-state index in [1.165, 1.54) is 10.7 Å². The SMILES string of the molecule is O=C(Cn1nc(-c2ccc3ccccc3c2)ccc1=O)Nc1ccc(Oc2ccccc2)cc1. The fraction of sp³-hybridized carbons (Fsp3) is 0.0357. The van der Waals surface area contributed by atoms with E-state index in [9.17, 15) is 9.59 Å². The standard InChI is InChI=1S/C28H21N3O3/c32-27(29-23-12-14-25(15-13-23)34-24-8-2-1-3-9-24)19-31-28(33)17-16-26(30-31)22-11-10-20-6-4-5-7-21(20)18-22/h1-18H,19H2,(H,29,32). The maximum Gasteiger partial charge on any atom is 0.267 e. The van der Waals surface area contributed by atoms with Crippen molar-refractivity contribution in [3.63, 3.8) is 0 Å². The molecule has 0 bridgehead atoms. The van der Waals surface area contributed by atoms with E-state index in [1.54, 1.807) is 30.3 Å². The molecule has 5 aromatic rings. The molecule has 0 unspecified atom stereocenters. The summed E-state index contributed by atoms with van der Waals surface area (Å²) in [5.41, 5.74) is 1.76. The van der Waals surface area contributed by atoms with Crippen LogP contribution in [0.1, 0.15) is 0 Å². The molecule has 0 radical (unpaired) electrons. The predicted molar refractivity (Wildman–Crippen MR) is 133 cm³/mol. The zero-order chi connectivity index (χ0) is 23.3. The summed E-state index contributed by atoms with van der Waals surface area (Å²) in [5.74, 6) is 1.04. The maximum absolute atomic E-state index is 12.6. The van der Waals surface area contributed by atoms with E-state index in [0.717, 1.165) is 22.1 Å². The van der Waals surface area contributed by atoms with Crippen LogP contribution in [0.3, 0.4) is 0 Å². The van der Waals surface area contributed by atoms with Crippen molar-refractivity contribution in [1.82, 2.24) is 9.78 Å². The van der Waals surface area contributed by atoms with Crippen LogP contribution in [-0.2, 0) is 11.3 Å². The molecule has 1 N–H and O–H groups in total. The third-order valence-corrected chi connectivity index (χ3v) is 5.32. The van der Waals surface area contributed by atoms with E-state index >= 15 is 0 Å². The number of fused-ring (bicyclic) bond motifs is 1. The number of para-hydroxylation sites is 1. The average Bonchev–Trinajstić information content (AvgIpc) is 2.87. The normalized spacial score (nSPS) is 10.7. The summed E-state index contributed by atoms with van der Waals surface area (Å²) in [5, 5.41) is 9.42. The fourth-order valence-electron chi connectivity index (χ4n) is 3.63. The van der Waals surface area contributed by atoms with Gasteiger partial charge in [-0.1, -0.05) is 54.6 Å². The lowest BCUT2D eigenvalue weighted by Crippen LogP contribution is -2.29. The van der Waals surface area contributed by atoms with Gasteiger partial charge in [0.25, 0.3) is 5.56 Å². The molecule has 0 spiro atoms. The van der Waals surface area contributed by atoms with Crippen molar-refractivity contribution < 1.29 is 9.53 Å². The van der Waals surface area contributed by atoms with Gasteiger partial charge < -0.3 is 10.1 Å². The summed E-state index contributed by atoms with van der Waals surface area (Å²) >= 11 is 0. The molecule has 0 atom stereocenters. The average molecular weight is 447 g/mol. The van der Waals surface area contributed by atoms with Crippen molar-refractivity contribution in [2.75, 3.05) is 5.32 Å². The fourth-order valence-corrected chi connectivity index (χ4v) is 3.63. The second-order valence-corrected chi connectivity index (χ2v) is 7.76. The summed E-state index contributed by atoms with van der Waals surface area (Å²) in [7, 11) is 0. The molecule has 34 heavy (non-hydrogen) atoms. The molecule has 1 amide bonds. The molecule has 0 saturated heterocycles. The van der Waals surface area contributed by atoms with Gasteiger partial charge in [0, 0.05) is 17.3 Å². The lowest BCUT2D eigenvalue weighted by molar-refractivity contribution is -0.117. The van der Waals surface area contributed by atoms with E-state index in [1.807, 2.05) is 72.8 Å². The summed E-state index contributed by atoms with van der Waals surface area (Å²) < 4.78 is 6.94. The van der Waals surface area contributed by atoms with Crippen LogP contribution >= 0.6 is 0 Å². The van der Waals surface area contributed by atoms with Gasteiger partial charge in [-0.05, 0) is 59.3 Å². The van der Waals surface area contributed by atoms with Crippen molar-refractivity contribution in [2.45, 2.75) is 6.54 Å². The van der Waals surface area contributed by atoms with Gasteiger partial charge in [-0.3, -0.25) is 9.59 Å². The van der Waals surface area contributed by atoms with E-state index in [-0.39, 0.29) is 18.0 Å². The maximum atomic E-state index is 12.6. The second-order valence-electron chi connectivity index (χ2n) is 7.76. The minimum absolute atomic E-state index is 0.192. The predicted octanol–water partition coefficient (Wildman–Crippen LogP) is 5.49. The third-order valence-electron chi connectivity index (χ3n) is 5.32. The Hall–Kier alpha value is -4.71. The highest BCUT2D eigenvalue weighted by Gasteiger charge is 2.09. The summed E-state index contributed by atoms with van der Waals surface area (Å²) in [6, 6.07) is 33.6. The van der Waals surface area contributed by atoms with Gasteiger partial charge >= 0.3 is 0 Å². The Labute approximate surface area is 196 Å². The molecule has 0 aliphatic heterocycles. The highest BCUT2D eigenvalue weighted by Crippen LogP contribution is 2.23. The Kier molecular flexibility index (Phi) is 5.86. The van der Waals surface area contributed by atoms with Crippen molar-refractivity contribution in [2.24, 2.45) is 0 Å². The number of anilines is 1. The number of ether oxygens (including phenoxy) is 1. The first-order chi connectivity index (χ1) is 16.6. The summed E-state index contributed by atoms with van der Waals surface area (Å²) in [4.78, 5) is 24.9. The summed E-state index contributed by atoms with van der Waals surface area (Å²) in [6.45, 7) is -0.192. The highest BCUT2D eigenvalue weighted by molar-refractivity contribution is 5.90. The largest absolute Gasteiger partial charge is 0.457 e. The number of hydrogen-bond donors (Lipinski definition) is 1. The first-order valence-electron chi connectivity index (χ1n) is 10.8. The lowest BCUT2D eigenvalue weighted by Gasteiger charge is -2.10. The molecule has 4 aromatic carbocycles. The van der Waals surface area contributed by atoms with Crippen LogP contribution in [0.5, 0.6) is 11.5 Å². The van der Waals surface area contributed by atoms with Gasteiger partial charge in [0.15, 0.2) is 0 Å². The van der Waals surface area contributed by atoms with E-state index in [4.69, 9.17) is 4.74 Å². The Morgan fingerprint density at radius 2 is 1.47 bits per heavy atom. The van der Waals surface area contributed by atoms with Crippen LogP contribution in [0.15, 0.2) is 114 Å². The molecule has 166 valence electrons. The summed E-state index contributed by atoms with van der Waals surface area (Å²) in [6.07, 6.45) is 0. The quantitative estimate of drug-likeness (QED) is 0.373. The molecule has 1 heterocycles. The molecular weight excluding hydrogens is 426 g/mol. The lowest BCUT2D eigenvalue weighted by atomic mass is 10.1. The van der Waals surface area contributed by atoms with Crippen molar-refractivity contribution in [1.29, 1.82) is 0 Å². The minimum Gasteiger partial charge on any atom is -0.457 e.